The third-order valence-corrected chi connectivity index (χ3v) is 3.60. The monoisotopic (exact) mass is 336 g/mol. The van der Waals surface area contributed by atoms with E-state index in [4.69, 9.17) is 0 Å². The lowest BCUT2D eigenvalue weighted by molar-refractivity contribution is 0.102. The van der Waals surface area contributed by atoms with Crippen LogP contribution < -0.4 is 5.32 Å². The molecule has 25 heavy (non-hydrogen) atoms. The van der Waals surface area contributed by atoms with Crippen LogP contribution in [-0.2, 0) is 5.41 Å². The predicted octanol–water partition coefficient (Wildman–Crippen LogP) is 2.92. The summed E-state index contributed by atoms with van der Waals surface area (Å²) in [4.78, 5) is 25.0. The summed E-state index contributed by atoms with van der Waals surface area (Å²) in [6, 6.07) is 7.39. The molecule has 0 bridgehead atoms. The Kier molecular flexibility index (Phi) is 4.31. The summed E-state index contributed by atoms with van der Waals surface area (Å²) in [5, 5.41) is 7.47. The maximum atomic E-state index is 12.5. The van der Waals surface area contributed by atoms with Crippen molar-refractivity contribution in [3.05, 3.63) is 59.9 Å². The lowest BCUT2D eigenvalue weighted by atomic mass is 9.92. The molecule has 0 unspecified atom stereocenters. The summed E-state index contributed by atoms with van der Waals surface area (Å²) in [6.45, 7) is 8.01. The maximum absolute atomic E-state index is 12.5. The SMILES string of the molecule is Cc1cnc(C(=O)Nc2cc(C(C)(C)C)nn2-c2ccccn2)cn1. The molecule has 0 aliphatic rings. The molecule has 0 spiro atoms. The van der Waals surface area contributed by atoms with Gasteiger partial charge in [-0.15, -0.1) is 0 Å². The van der Waals surface area contributed by atoms with Gasteiger partial charge in [0.1, 0.15) is 11.5 Å². The van der Waals surface area contributed by atoms with Gasteiger partial charge in [-0.05, 0) is 19.1 Å². The summed E-state index contributed by atoms with van der Waals surface area (Å²) >= 11 is 0. The highest BCUT2D eigenvalue weighted by Gasteiger charge is 2.22. The van der Waals surface area contributed by atoms with Crippen LogP contribution in [0.4, 0.5) is 5.82 Å². The molecule has 0 saturated carbocycles. The predicted molar refractivity (Wildman–Crippen MR) is 94.8 cm³/mol. The smallest absolute Gasteiger partial charge is 0.277 e. The lowest BCUT2D eigenvalue weighted by Gasteiger charge is -2.13. The highest BCUT2D eigenvalue weighted by molar-refractivity contribution is 6.02. The van der Waals surface area contributed by atoms with Gasteiger partial charge in [-0.3, -0.25) is 9.78 Å². The zero-order valence-electron chi connectivity index (χ0n) is 14.7. The molecule has 0 aliphatic heterocycles. The Hall–Kier alpha value is -3.09. The van der Waals surface area contributed by atoms with Crippen molar-refractivity contribution in [1.82, 2.24) is 24.7 Å². The molecule has 3 rings (SSSR count). The standard InChI is InChI=1S/C18H20N6O/c1-12-10-21-13(11-20-12)17(25)22-16-9-14(18(2,3)4)23-24(16)15-7-5-6-8-19-15/h5-11H,1-4H3,(H,22,25). The number of anilines is 1. The van der Waals surface area contributed by atoms with Gasteiger partial charge in [0.2, 0.25) is 0 Å². The fraction of sp³-hybridized carbons (Fsp3) is 0.278. The number of aryl methyl sites for hydroxylation is 1. The van der Waals surface area contributed by atoms with Gasteiger partial charge in [-0.2, -0.15) is 9.78 Å². The van der Waals surface area contributed by atoms with Crippen molar-refractivity contribution in [2.45, 2.75) is 33.1 Å². The Bertz CT molecular complexity index is 878. The van der Waals surface area contributed by atoms with E-state index in [9.17, 15) is 4.79 Å². The van der Waals surface area contributed by atoms with E-state index < -0.39 is 0 Å². The van der Waals surface area contributed by atoms with Gasteiger partial charge in [0.15, 0.2) is 5.82 Å². The lowest BCUT2D eigenvalue weighted by Crippen LogP contribution is -2.17. The summed E-state index contributed by atoms with van der Waals surface area (Å²) in [6.07, 6.45) is 4.70. The molecule has 7 nitrogen and oxygen atoms in total. The van der Waals surface area contributed by atoms with E-state index in [1.807, 2.05) is 31.2 Å². The molecule has 1 amide bonds. The van der Waals surface area contributed by atoms with Gasteiger partial charge in [-0.1, -0.05) is 26.8 Å². The van der Waals surface area contributed by atoms with Crippen LogP contribution in [0.1, 0.15) is 42.6 Å². The average Bonchev–Trinajstić information content (AvgIpc) is 3.00. The van der Waals surface area contributed by atoms with Crippen LogP contribution >= 0.6 is 0 Å². The molecular formula is C18H20N6O. The number of nitrogens with one attached hydrogen (secondary N) is 1. The van der Waals surface area contributed by atoms with Crippen LogP contribution in [0.15, 0.2) is 42.9 Å². The number of carbonyl (C=O) groups excluding carboxylic acids is 1. The van der Waals surface area contributed by atoms with Crippen LogP contribution in [0, 0.1) is 6.92 Å². The first-order valence-electron chi connectivity index (χ1n) is 7.96. The van der Waals surface area contributed by atoms with Crippen molar-refractivity contribution in [3.63, 3.8) is 0 Å². The Morgan fingerprint density at radius 1 is 1.12 bits per heavy atom. The quantitative estimate of drug-likeness (QED) is 0.795. The summed E-state index contributed by atoms with van der Waals surface area (Å²) in [7, 11) is 0. The first-order chi connectivity index (χ1) is 11.8. The molecule has 128 valence electrons. The minimum Gasteiger partial charge on any atom is -0.305 e. The largest absolute Gasteiger partial charge is 0.305 e. The van der Waals surface area contributed by atoms with Crippen molar-refractivity contribution in [2.75, 3.05) is 5.32 Å². The number of hydrogen-bond acceptors (Lipinski definition) is 5. The van der Waals surface area contributed by atoms with Crippen LogP contribution in [0.25, 0.3) is 5.82 Å². The zero-order valence-corrected chi connectivity index (χ0v) is 14.7. The van der Waals surface area contributed by atoms with Crippen molar-refractivity contribution >= 4 is 11.7 Å². The first kappa shape index (κ1) is 16.8. The molecule has 0 saturated heterocycles. The number of nitrogens with zero attached hydrogens (tertiary/aromatic N) is 5. The molecule has 7 heteroatoms. The Morgan fingerprint density at radius 3 is 2.52 bits per heavy atom. The second-order valence-electron chi connectivity index (χ2n) is 6.76. The summed E-state index contributed by atoms with van der Waals surface area (Å²) in [5.41, 5.74) is 1.69. The zero-order chi connectivity index (χ0) is 18.0. The Labute approximate surface area is 146 Å². The van der Waals surface area contributed by atoms with Gasteiger partial charge in [0.25, 0.3) is 5.91 Å². The number of pyridine rings is 1. The van der Waals surface area contributed by atoms with Crippen LogP contribution in [0.2, 0.25) is 0 Å². The fourth-order valence-corrected chi connectivity index (χ4v) is 2.18. The second-order valence-corrected chi connectivity index (χ2v) is 6.76. The van der Waals surface area contributed by atoms with E-state index in [0.717, 1.165) is 11.4 Å². The van der Waals surface area contributed by atoms with Crippen LogP contribution in [0.3, 0.4) is 0 Å². The third-order valence-electron chi connectivity index (χ3n) is 3.60. The molecule has 0 aromatic carbocycles. The molecule has 3 aromatic heterocycles. The van der Waals surface area contributed by atoms with Gasteiger partial charge in [0.05, 0.1) is 17.6 Å². The van der Waals surface area contributed by atoms with E-state index in [0.29, 0.717) is 11.6 Å². The molecule has 0 radical (unpaired) electrons. The fourth-order valence-electron chi connectivity index (χ4n) is 2.18. The number of rotatable bonds is 3. The second kappa shape index (κ2) is 6.43. The first-order valence-corrected chi connectivity index (χ1v) is 7.96. The van der Waals surface area contributed by atoms with Crippen molar-refractivity contribution < 1.29 is 4.79 Å². The molecule has 0 fully saturated rings. The summed E-state index contributed by atoms with van der Waals surface area (Å²) in [5.74, 6) is 0.823. The molecule has 1 N–H and O–H groups in total. The maximum Gasteiger partial charge on any atom is 0.277 e. The number of amides is 1. The molecule has 3 heterocycles. The minimum absolute atomic E-state index is 0.164. The number of hydrogen-bond donors (Lipinski definition) is 1. The van der Waals surface area contributed by atoms with Gasteiger partial charge >= 0.3 is 0 Å². The number of carbonyl (C=O) groups is 1. The highest BCUT2D eigenvalue weighted by Crippen LogP contribution is 2.25. The minimum atomic E-state index is -0.343. The van der Waals surface area contributed by atoms with E-state index in [1.54, 1.807) is 17.1 Å². The van der Waals surface area contributed by atoms with E-state index in [2.05, 4.69) is 46.1 Å². The van der Waals surface area contributed by atoms with E-state index >= 15 is 0 Å². The molecule has 0 aliphatic carbocycles. The van der Waals surface area contributed by atoms with Crippen molar-refractivity contribution in [3.8, 4) is 5.82 Å². The van der Waals surface area contributed by atoms with Crippen LogP contribution in [0.5, 0.6) is 0 Å². The van der Waals surface area contributed by atoms with Gasteiger partial charge < -0.3 is 5.32 Å². The van der Waals surface area contributed by atoms with Crippen molar-refractivity contribution in [2.24, 2.45) is 0 Å². The Balaban J connectivity index is 1.98. The molecule has 3 aromatic rings. The molecule has 0 atom stereocenters. The van der Waals surface area contributed by atoms with E-state index in [-0.39, 0.29) is 17.0 Å². The van der Waals surface area contributed by atoms with Crippen LogP contribution in [-0.4, -0.2) is 30.6 Å². The molecular weight excluding hydrogens is 316 g/mol. The van der Waals surface area contributed by atoms with Crippen molar-refractivity contribution in [1.29, 1.82) is 0 Å². The van der Waals surface area contributed by atoms with Gasteiger partial charge in [-0.25, -0.2) is 9.97 Å². The average molecular weight is 336 g/mol. The van der Waals surface area contributed by atoms with Gasteiger partial charge in [0, 0.05) is 23.9 Å². The normalized spacial score (nSPS) is 11.4. The summed E-state index contributed by atoms with van der Waals surface area (Å²) < 4.78 is 1.63. The third kappa shape index (κ3) is 3.71. The van der Waals surface area contributed by atoms with E-state index in [1.165, 1.54) is 6.20 Å². The topological polar surface area (TPSA) is 85.6 Å². The number of aromatic nitrogens is 5. The highest BCUT2D eigenvalue weighted by atomic mass is 16.2. The Morgan fingerprint density at radius 2 is 1.92 bits per heavy atom.